The second-order valence-electron chi connectivity index (χ2n) is 1.09. The molecule has 40 valence electrons. The van der Waals surface area contributed by atoms with Gasteiger partial charge < -0.3 is 4.74 Å². The molecule has 0 spiro atoms. The van der Waals surface area contributed by atoms with Crippen LogP contribution in [0.3, 0.4) is 0 Å². The number of halogens is 1. The first-order valence-corrected chi connectivity index (χ1v) is 1.86. The Morgan fingerprint density at radius 3 is 3.00 bits per heavy atom. The molecule has 0 aromatic heterocycles. The van der Waals surface area contributed by atoms with E-state index in [0.717, 1.165) is 0 Å². The third-order valence-corrected chi connectivity index (χ3v) is 0.567. The van der Waals surface area contributed by atoms with E-state index < -0.39 is 0 Å². The minimum atomic E-state index is -0.0451. The summed E-state index contributed by atoms with van der Waals surface area (Å²) in [5.74, 6) is 0. The molecule has 1 aliphatic heterocycles. The minimum Gasteiger partial charge on any atom is -0.480 e. The Hall–Kier alpha value is -0.770. The van der Waals surface area contributed by atoms with Crippen LogP contribution in [0.15, 0.2) is 12.5 Å². The average Bonchev–Trinajstić information content (AvgIpc) is 1.69. The molecule has 0 radical (unpaired) electrons. The fraction of sp³-hybridized carbons (Fsp3) is 0.333. The van der Waals surface area contributed by atoms with E-state index in [4.69, 9.17) is 0 Å². The molecule has 0 saturated heterocycles. The lowest BCUT2D eigenvalue weighted by atomic mass is 10.9. The third-order valence-electron chi connectivity index (χ3n) is 0.567. The van der Waals surface area contributed by atoms with Crippen LogP contribution < -0.4 is 5.43 Å². The summed E-state index contributed by atoms with van der Waals surface area (Å²) in [4.78, 5) is 0. The minimum absolute atomic E-state index is 0.0451. The highest BCUT2D eigenvalue weighted by Crippen LogP contribution is 1.89. The highest BCUT2D eigenvalue weighted by molar-refractivity contribution is 4.69. The van der Waals surface area contributed by atoms with Crippen LogP contribution in [0.1, 0.15) is 0 Å². The van der Waals surface area contributed by atoms with Crippen molar-refractivity contribution in [1.29, 1.82) is 0 Å². The van der Waals surface area contributed by atoms with Gasteiger partial charge in [-0.1, -0.05) is 0 Å². The topological polar surface area (TPSA) is 24.5 Å². The number of hydrogen-bond donors (Lipinski definition) is 1. The van der Waals surface area contributed by atoms with Crippen molar-refractivity contribution in [2.45, 2.75) is 0 Å². The predicted octanol–water partition coefficient (Wildman–Crippen LogP) is 0.136. The van der Waals surface area contributed by atoms with Gasteiger partial charge in [-0.3, -0.25) is 5.43 Å². The molecule has 1 rings (SSSR count). The van der Waals surface area contributed by atoms with E-state index >= 15 is 0 Å². The first kappa shape index (κ1) is 4.39. The van der Waals surface area contributed by atoms with Crippen LogP contribution in [-0.4, -0.2) is 12.0 Å². The monoisotopic (exact) mass is 104 g/mol. The molecule has 0 amide bonds. The van der Waals surface area contributed by atoms with Crippen molar-refractivity contribution in [1.82, 2.24) is 10.7 Å². The van der Waals surface area contributed by atoms with Gasteiger partial charge in [0.05, 0.1) is 6.20 Å². The van der Waals surface area contributed by atoms with Crippen LogP contribution in [0, 0.1) is 0 Å². The number of hydrazine groups is 1. The molecule has 0 aliphatic carbocycles. The Bertz CT molecular complexity index is 85.0. The van der Waals surface area contributed by atoms with E-state index in [9.17, 15) is 4.48 Å². The predicted molar refractivity (Wildman–Crippen MR) is 21.2 cm³/mol. The van der Waals surface area contributed by atoms with E-state index in [2.05, 4.69) is 10.2 Å². The fourth-order valence-corrected chi connectivity index (χ4v) is 0.305. The Morgan fingerprint density at radius 1 is 1.86 bits per heavy atom. The quantitative estimate of drug-likeness (QED) is 0.442. The molecule has 1 heterocycles. The van der Waals surface area contributed by atoms with Crippen LogP contribution in [0.5, 0.6) is 0 Å². The largest absolute Gasteiger partial charge is 0.480 e. The van der Waals surface area contributed by atoms with E-state index in [0.29, 0.717) is 5.23 Å². The number of nitrogens with zero attached hydrogens (tertiary/aromatic N) is 1. The molecule has 1 aliphatic rings. The zero-order valence-electron chi connectivity index (χ0n) is 3.60. The summed E-state index contributed by atoms with van der Waals surface area (Å²) in [5.41, 5.74) is 2.24. The smallest absolute Gasteiger partial charge is 0.188 e. The van der Waals surface area contributed by atoms with Gasteiger partial charge in [-0.25, -0.2) is 0 Å². The molecule has 0 saturated carbocycles. The van der Waals surface area contributed by atoms with Crippen LogP contribution >= 0.6 is 0 Å². The molecule has 0 aromatic carbocycles. The van der Waals surface area contributed by atoms with Gasteiger partial charge in [-0.05, 0) is 5.23 Å². The molecule has 3 nitrogen and oxygen atoms in total. The Labute approximate surface area is 40.3 Å². The molecular formula is C3H5FN2O. The van der Waals surface area contributed by atoms with Gasteiger partial charge in [0.1, 0.15) is 6.26 Å². The maximum Gasteiger partial charge on any atom is 0.188 e. The maximum absolute atomic E-state index is 11.7. The summed E-state index contributed by atoms with van der Waals surface area (Å²) < 4.78 is 16.2. The van der Waals surface area contributed by atoms with E-state index in [1.807, 2.05) is 0 Å². The molecule has 0 bridgehead atoms. The van der Waals surface area contributed by atoms with E-state index in [-0.39, 0.29) is 6.73 Å². The number of hydrogen-bond acceptors (Lipinski definition) is 3. The van der Waals surface area contributed by atoms with Crippen LogP contribution in [0.2, 0.25) is 0 Å². The number of rotatable bonds is 0. The summed E-state index contributed by atoms with van der Waals surface area (Å²) in [6.07, 6.45) is 2.75. The first-order valence-electron chi connectivity index (χ1n) is 1.86. The van der Waals surface area contributed by atoms with Crippen molar-refractivity contribution in [3.8, 4) is 0 Å². The van der Waals surface area contributed by atoms with Crippen LogP contribution in [0.25, 0.3) is 0 Å². The van der Waals surface area contributed by atoms with Crippen molar-refractivity contribution < 1.29 is 9.22 Å². The molecule has 0 unspecified atom stereocenters. The lowest BCUT2D eigenvalue weighted by Crippen LogP contribution is -2.30. The van der Waals surface area contributed by atoms with Gasteiger partial charge in [0.15, 0.2) is 6.73 Å². The van der Waals surface area contributed by atoms with E-state index in [1.165, 1.54) is 12.5 Å². The van der Waals surface area contributed by atoms with Crippen molar-refractivity contribution in [3.05, 3.63) is 12.5 Å². The second-order valence-corrected chi connectivity index (χ2v) is 1.09. The van der Waals surface area contributed by atoms with Crippen molar-refractivity contribution in [2.24, 2.45) is 0 Å². The zero-order valence-corrected chi connectivity index (χ0v) is 3.60. The summed E-state index contributed by atoms with van der Waals surface area (Å²) in [6, 6.07) is 0. The zero-order chi connectivity index (χ0) is 5.11. The SMILES string of the molecule is FN1COC=CN1. The molecule has 0 aromatic rings. The Morgan fingerprint density at radius 2 is 2.71 bits per heavy atom. The number of nitrogens with one attached hydrogen (secondary N) is 1. The Kier molecular flexibility index (Phi) is 1.12. The molecular weight excluding hydrogens is 99.0 g/mol. The lowest BCUT2D eigenvalue weighted by Gasteiger charge is -2.13. The van der Waals surface area contributed by atoms with Crippen LogP contribution in [0.4, 0.5) is 4.48 Å². The van der Waals surface area contributed by atoms with Gasteiger partial charge in [0.2, 0.25) is 0 Å². The first-order chi connectivity index (χ1) is 3.39. The highest BCUT2D eigenvalue weighted by Gasteiger charge is 1.99. The summed E-state index contributed by atoms with van der Waals surface area (Å²) in [7, 11) is 0. The van der Waals surface area contributed by atoms with Gasteiger partial charge >= 0.3 is 0 Å². The standard InChI is InChI=1S/C3H5FN2O/c4-6-3-7-2-1-5-6/h1-2,5H,3H2. The van der Waals surface area contributed by atoms with Crippen molar-refractivity contribution in [2.75, 3.05) is 6.73 Å². The molecule has 1 N–H and O–H groups in total. The third kappa shape index (κ3) is 1.04. The normalized spacial score (nSPS) is 20.7. The average molecular weight is 104 g/mol. The lowest BCUT2D eigenvalue weighted by molar-refractivity contribution is -0.101. The molecule has 7 heavy (non-hydrogen) atoms. The maximum atomic E-state index is 11.7. The van der Waals surface area contributed by atoms with Gasteiger partial charge in [0.25, 0.3) is 0 Å². The summed E-state index contributed by atoms with van der Waals surface area (Å²) in [6.45, 7) is -0.0451. The van der Waals surface area contributed by atoms with Crippen LogP contribution in [-0.2, 0) is 4.74 Å². The number of ether oxygens (including phenoxy) is 1. The van der Waals surface area contributed by atoms with Crippen molar-refractivity contribution >= 4 is 0 Å². The van der Waals surface area contributed by atoms with Gasteiger partial charge in [-0.2, -0.15) is 0 Å². The molecule has 0 atom stereocenters. The fourth-order valence-electron chi connectivity index (χ4n) is 0.305. The van der Waals surface area contributed by atoms with Gasteiger partial charge in [-0.15, -0.1) is 4.48 Å². The molecule has 0 fully saturated rings. The molecule has 4 heteroatoms. The van der Waals surface area contributed by atoms with E-state index in [1.54, 1.807) is 0 Å². The summed E-state index contributed by atoms with van der Waals surface area (Å²) >= 11 is 0. The Balaban J connectivity index is 2.32. The summed E-state index contributed by atoms with van der Waals surface area (Å²) in [5, 5.41) is 0.333. The highest BCUT2D eigenvalue weighted by atomic mass is 19.2. The second kappa shape index (κ2) is 1.79. The van der Waals surface area contributed by atoms with Gasteiger partial charge in [0, 0.05) is 0 Å². The van der Waals surface area contributed by atoms with Crippen molar-refractivity contribution in [3.63, 3.8) is 0 Å².